The van der Waals surface area contributed by atoms with Gasteiger partial charge >= 0.3 is 0 Å². The maximum absolute atomic E-state index is 10.8. The molecule has 0 spiro atoms. The number of sulfonamides is 1. The molecule has 0 saturated heterocycles. The third-order valence-corrected chi connectivity index (χ3v) is 3.98. The smallest absolute Gasteiger partial charge is 0.208 e. The number of nitrogens with one attached hydrogen (secondary N) is 2. The van der Waals surface area contributed by atoms with Crippen LogP contribution in [0.15, 0.2) is 0 Å². The van der Waals surface area contributed by atoms with Crippen LogP contribution in [0.25, 0.3) is 0 Å². The Bertz CT molecular complexity index is 336. The molecule has 0 saturated carbocycles. The number of aliphatic hydroxyl groups is 1. The first-order chi connectivity index (χ1) is 9.89. The van der Waals surface area contributed by atoms with Crippen LogP contribution >= 0.6 is 0 Å². The first-order valence-corrected chi connectivity index (χ1v) is 9.69. The monoisotopic (exact) mass is 324 g/mol. The van der Waals surface area contributed by atoms with Gasteiger partial charge in [-0.15, -0.1) is 0 Å². The van der Waals surface area contributed by atoms with Crippen LogP contribution in [0.3, 0.4) is 0 Å². The number of unbranched alkanes of at least 4 members (excludes halogenated alkanes) is 1. The summed E-state index contributed by atoms with van der Waals surface area (Å²) in [7, 11) is -3.14. The highest BCUT2D eigenvalue weighted by atomic mass is 32.2. The van der Waals surface area contributed by atoms with E-state index >= 15 is 0 Å². The van der Waals surface area contributed by atoms with Crippen LogP contribution in [0, 0.1) is 5.92 Å². The van der Waals surface area contributed by atoms with Gasteiger partial charge in [0.25, 0.3) is 0 Å². The van der Waals surface area contributed by atoms with Crippen LogP contribution in [0.1, 0.15) is 39.5 Å². The van der Waals surface area contributed by atoms with Crippen molar-refractivity contribution in [3.8, 4) is 0 Å². The van der Waals surface area contributed by atoms with Gasteiger partial charge in [-0.05, 0) is 12.3 Å². The first kappa shape index (κ1) is 20.8. The fourth-order valence-electron chi connectivity index (χ4n) is 1.92. The van der Waals surface area contributed by atoms with Gasteiger partial charge in [0.1, 0.15) is 0 Å². The molecule has 21 heavy (non-hydrogen) atoms. The van der Waals surface area contributed by atoms with Gasteiger partial charge in [-0.3, -0.25) is 0 Å². The molecule has 0 aliphatic heterocycles. The van der Waals surface area contributed by atoms with E-state index in [1.165, 1.54) is 19.3 Å². The van der Waals surface area contributed by atoms with E-state index in [4.69, 9.17) is 4.74 Å². The first-order valence-electron chi connectivity index (χ1n) is 7.80. The number of hydrogen-bond donors (Lipinski definition) is 3. The zero-order chi connectivity index (χ0) is 16.1. The van der Waals surface area contributed by atoms with Crippen molar-refractivity contribution in [2.75, 3.05) is 39.1 Å². The molecule has 0 fully saturated rings. The Morgan fingerprint density at radius 1 is 1.19 bits per heavy atom. The van der Waals surface area contributed by atoms with Gasteiger partial charge in [-0.2, -0.15) is 0 Å². The van der Waals surface area contributed by atoms with E-state index in [9.17, 15) is 13.5 Å². The van der Waals surface area contributed by atoms with Crippen LogP contribution in [0.5, 0.6) is 0 Å². The fraction of sp³-hybridized carbons (Fsp3) is 1.00. The van der Waals surface area contributed by atoms with Crippen LogP contribution in [0.4, 0.5) is 0 Å². The maximum atomic E-state index is 10.8. The highest BCUT2D eigenvalue weighted by molar-refractivity contribution is 7.88. The summed E-state index contributed by atoms with van der Waals surface area (Å²) in [6.07, 6.45) is 5.26. The molecule has 0 rings (SSSR count). The predicted molar refractivity (Wildman–Crippen MR) is 85.8 cm³/mol. The lowest BCUT2D eigenvalue weighted by Crippen LogP contribution is -2.36. The van der Waals surface area contributed by atoms with E-state index in [0.29, 0.717) is 38.8 Å². The zero-order valence-electron chi connectivity index (χ0n) is 13.6. The van der Waals surface area contributed by atoms with E-state index in [1.807, 2.05) is 0 Å². The number of rotatable bonds is 14. The molecule has 0 aromatic rings. The molecule has 0 radical (unpaired) electrons. The molecular weight excluding hydrogens is 292 g/mol. The van der Waals surface area contributed by atoms with Crippen LogP contribution in [0.2, 0.25) is 0 Å². The largest absolute Gasteiger partial charge is 0.389 e. The molecule has 0 aliphatic rings. The minimum absolute atomic E-state index is 0.315. The Hall–Kier alpha value is -0.210. The van der Waals surface area contributed by atoms with E-state index in [1.54, 1.807) is 0 Å². The predicted octanol–water partition coefficient (Wildman–Crippen LogP) is 0.719. The summed E-state index contributed by atoms with van der Waals surface area (Å²) in [5.74, 6) is 0.573. The highest BCUT2D eigenvalue weighted by Crippen LogP contribution is 2.12. The molecule has 0 aromatic carbocycles. The average molecular weight is 324 g/mol. The van der Waals surface area contributed by atoms with Crippen molar-refractivity contribution in [3.05, 3.63) is 0 Å². The Labute approximate surface area is 129 Å². The van der Waals surface area contributed by atoms with Gasteiger partial charge in [0.15, 0.2) is 0 Å². The second-order valence-electron chi connectivity index (χ2n) is 5.48. The van der Waals surface area contributed by atoms with Crippen LogP contribution in [-0.2, 0) is 14.8 Å². The Kier molecular flexibility index (Phi) is 12.2. The quantitative estimate of drug-likeness (QED) is 0.410. The van der Waals surface area contributed by atoms with Crippen molar-refractivity contribution in [3.63, 3.8) is 0 Å². The Morgan fingerprint density at radius 2 is 1.90 bits per heavy atom. The van der Waals surface area contributed by atoms with Gasteiger partial charge < -0.3 is 15.2 Å². The second kappa shape index (κ2) is 12.3. The summed E-state index contributed by atoms with van der Waals surface area (Å²) in [5, 5.41) is 12.7. The summed E-state index contributed by atoms with van der Waals surface area (Å²) in [4.78, 5) is 0. The molecule has 0 heterocycles. The zero-order valence-corrected chi connectivity index (χ0v) is 14.4. The molecule has 0 aromatic heterocycles. The summed E-state index contributed by atoms with van der Waals surface area (Å²) >= 11 is 0. The molecule has 0 bridgehead atoms. The van der Waals surface area contributed by atoms with Crippen molar-refractivity contribution in [1.29, 1.82) is 0 Å². The van der Waals surface area contributed by atoms with Crippen LogP contribution < -0.4 is 10.0 Å². The lowest BCUT2D eigenvalue weighted by molar-refractivity contribution is 0.0195. The third-order valence-electron chi connectivity index (χ3n) is 3.25. The molecule has 3 N–H and O–H groups in total. The summed E-state index contributed by atoms with van der Waals surface area (Å²) < 4.78 is 29.6. The molecule has 0 amide bonds. The lowest BCUT2D eigenvalue weighted by Gasteiger charge is -2.17. The number of aliphatic hydroxyl groups excluding tert-OH is 1. The summed E-state index contributed by atoms with van der Waals surface area (Å²) in [6, 6.07) is 0. The SMILES string of the molecule is CCCCC(CC)COCC(O)CNCCNS(C)(=O)=O. The van der Waals surface area contributed by atoms with Crippen molar-refractivity contribution in [2.24, 2.45) is 5.92 Å². The minimum atomic E-state index is -3.14. The Morgan fingerprint density at radius 3 is 2.48 bits per heavy atom. The lowest BCUT2D eigenvalue weighted by atomic mass is 10.0. The van der Waals surface area contributed by atoms with E-state index < -0.39 is 16.1 Å². The average Bonchev–Trinajstić information content (AvgIpc) is 2.41. The molecule has 0 aliphatic carbocycles. The topological polar surface area (TPSA) is 87.7 Å². The molecule has 2 atom stereocenters. The van der Waals surface area contributed by atoms with Gasteiger partial charge in [-0.1, -0.05) is 33.1 Å². The molecule has 128 valence electrons. The van der Waals surface area contributed by atoms with Gasteiger partial charge in [0.2, 0.25) is 10.0 Å². The number of ether oxygens (including phenoxy) is 1. The third kappa shape index (κ3) is 14.5. The fourth-order valence-corrected chi connectivity index (χ4v) is 2.39. The number of hydrogen-bond acceptors (Lipinski definition) is 5. The maximum Gasteiger partial charge on any atom is 0.208 e. The van der Waals surface area contributed by atoms with E-state index in [0.717, 1.165) is 12.7 Å². The molecular formula is C14H32N2O4S. The molecule has 7 heteroatoms. The summed E-state index contributed by atoms with van der Waals surface area (Å²) in [5.41, 5.74) is 0. The molecule has 2 unspecified atom stereocenters. The van der Waals surface area contributed by atoms with Gasteiger partial charge in [0, 0.05) is 26.2 Å². The van der Waals surface area contributed by atoms with Crippen LogP contribution in [-0.4, -0.2) is 58.7 Å². The van der Waals surface area contributed by atoms with Gasteiger partial charge in [0.05, 0.1) is 19.0 Å². The van der Waals surface area contributed by atoms with Gasteiger partial charge in [-0.25, -0.2) is 13.1 Å². The standard InChI is InChI=1S/C14H32N2O4S/c1-4-6-7-13(5-2)11-20-12-14(17)10-15-8-9-16-21(3,18)19/h13-17H,4-12H2,1-3H3. The Balaban J connectivity index is 3.55. The highest BCUT2D eigenvalue weighted by Gasteiger charge is 2.09. The normalized spacial score (nSPS) is 15.0. The summed E-state index contributed by atoms with van der Waals surface area (Å²) in [6.45, 7) is 6.56. The second-order valence-corrected chi connectivity index (χ2v) is 7.31. The van der Waals surface area contributed by atoms with Crippen molar-refractivity contribution >= 4 is 10.0 Å². The minimum Gasteiger partial charge on any atom is -0.389 e. The van der Waals surface area contributed by atoms with Crippen molar-refractivity contribution in [1.82, 2.24) is 10.0 Å². The van der Waals surface area contributed by atoms with E-state index in [-0.39, 0.29) is 0 Å². The molecule has 6 nitrogen and oxygen atoms in total. The van der Waals surface area contributed by atoms with Crippen molar-refractivity contribution in [2.45, 2.75) is 45.6 Å². The van der Waals surface area contributed by atoms with E-state index in [2.05, 4.69) is 23.9 Å². The van der Waals surface area contributed by atoms with Crippen molar-refractivity contribution < 1.29 is 18.3 Å².